The number of ether oxygens (including phenoxy) is 2. The highest BCUT2D eigenvalue weighted by atomic mass is 35.5. The number of methoxy groups -OCH3 is 2. The van der Waals surface area contributed by atoms with Gasteiger partial charge in [-0.25, -0.2) is 9.69 Å². The lowest BCUT2D eigenvalue weighted by molar-refractivity contribution is 0.282. The number of aromatic nitrogens is 2. The highest BCUT2D eigenvalue weighted by Crippen LogP contribution is 2.46. The number of nitrogens with zero attached hydrogens (tertiary/aromatic N) is 5. The second-order valence-corrected chi connectivity index (χ2v) is 14.5. The molecule has 4 aromatic carbocycles. The molecule has 57 heavy (non-hydrogen) atoms. The van der Waals surface area contributed by atoms with Crippen LogP contribution in [0, 0.1) is 13.1 Å². The van der Waals surface area contributed by atoms with E-state index in [9.17, 15) is 5.11 Å². The predicted octanol–water partition coefficient (Wildman–Crippen LogP) is 11.8. The van der Waals surface area contributed by atoms with Gasteiger partial charge in [0, 0.05) is 67.3 Å². The van der Waals surface area contributed by atoms with Crippen LogP contribution in [0.1, 0.15) is 60.9 Å². The van der Waals surface area contributed by atoms with Crippen molar-refractivity contribution in [2.75, 3.05) is 43.8 Å². The van der Waals surface area contributed by atoms with E-state index in [4.69, 9.17) is 45.8 Å². The molecule has 0 amide bonds. The SMILES string of the molecule is C.[C-]#[N+]c1cc(C2CC2)c2ncc(CO)c(NCc3ccc(OC)c(Cl)c3)c2c1.[C-]#[N+]c1cc(N(C)C)c2ncc(CC)c(NCc3ccc(OC)c(Cl)c3)c2c1. The molecule has 0 aliphatic heterocycles. The van der Waals surface area contributed by atoms with E-state index in [0.29, 0.717) is 57.5 Å². The fraction of sp³-hybridized carbons (Fsp3) is 0.289. The quantitative estimate of drug-likeness (QED) is 0.105. The first-order valence-corrected chi connectivity index (χ1v) is 18.9. The number of fused-ring (bicyclic) bond motifs is 2. The predicted molar refractivity (Wildman–Crippen MR) is 235 cm³/mol. The summed E-state index contributed by atoms with van der Waals surface area (Å²) in [7, 11) is 7.12. The lowest BCUT2D eigenvalue weighted by Gasteiger charge is -2.19. The van der Waals surface area contributed by atoms with Crippen LogP contribution in [-0.4, -0.2) is 43.4 Å². The van der Waals surface area contributed by atoms with Crippen molar-refractivity contribution in [2.45, 2.75) is 59.2 Å². The van der Waals surface area contributed by atoms with E-state index < -0.39 is 0 Å². The first-order chi connectivity index (χ1) is 27.1. The van der Waals surface area contributed by atoms with E-state index in [0.717, 1.165) is 80.4 Å². The number of aliphatic hydroxyl groups is 1. The molecule has 0 radical (unpaired) electrons. The standard InChI is InChI=1S/C22H23ClN4O.C22H20ClN3O2.CH4/c1-6-15-13-26-22-17(10-16(24-2)11-19(22)27(3)4)21(15)25-12-14-7-8-20(28-5)18(23)9-14;1-24-16-8-17(14-4-5-14)22-18(9-16)21(15(12-27)11-26-22)25-10-13-3-6-20(28-2)19(23)7-13;/h7-11,13H,6,12H2,1,3-5H3,(H,25,26);3,6-9,11,14,27H,4-5,10,12H2,2H3,(H,25,26);1H4. The van der Waals surface area contributed by atoms with E-state index in [2.05, 4.69) is 37.2 Å². The maximum atomic E-state index is 9.83. The van der Waals surface area contributed by atoms with E-state index in [1.807, 2.05) is 85.9 Å². The molecule has 10 nitrogen and oxygen atoms in total. The molecular weight excluding hydrogens is 757 g/mol. The first kappa shape index (κ1) is 42.4. The normalized spacial score (nSPS) is 11.8. The summed E-state index contributed by atoms with van der Waals surface area (Å²) in [4.78, 5) is 18.6. The maximum Gasteiger partial charge on any atom is 0.190 e. The van der Waals surface area contributed by atoms with Gasteiger partial charge in [-0.1, -0.05) is 55.8 Å². The molecule has 0 spiro atoms. The molecule has 12 heteroatoms. The number of nitrogens with one attached hydrogen (secondary N) is 2. The zero-order valence-electron chi connectivity index (χ0n) is 32.0. The van der Waals surface area contributed by atoms with Gasteiger partial charge in [-0.15, -0.1) is 0 Å². The number of rotatable bonds is 12. The summed E-state index contributed by atoms with van der Waals surface area (Å²) in [6, 6.07) is 19.0. The van der Waals surface area contributed by atoms with Crippen LogP contribution in [0.25, 0.3) is 31.5 Å². The Morgan fingerprint density at radius 3 is 1.75 bits per heavy atom. The Balaban J connectivity index is 0.000000214. The number of anilines is 3. The van der Waals surface area contributed by atoms with Gasteiger partial charge in [-0.2, -0.15) is 0 Å². The highest BCUT2D eigenvalue weighted by Gasteiger charge is 2.27. The van der Waals surface area contributed by atoms with Gasteiger partial charge in [0.05, 0.1) is 60.7 Å². The third-order valence-electron chi connectivity index (χ3n) is 9.76. The average Bonchev–Trinajstić information content (AvgIpc) is 4.07. The number of hydrogen-bond donors (Lipinski definition) is 3. The largest absolute Gasteiger partial charge is 0.495 e. The second kappa shape index (κ2) is 18.9. The fourth-order valence-corrected chi connectivity index (χ4v) is 7.23. The smallest absolute Gasteiger partial charge is 0.190 e. The van der Waals surface area contributed by atoms with Crippen LogP contribution >= 0.6 is 23.2 Å². The first-order valence-electron chi connectivity index (χ1n) is 18.2. The molecule has 3 N–H and O–H groups in total. The minimum atomic E-state index is -0.129. The van der Waals surface area contributed by atoms with Crippen LogP contribution in [0.2, 0.25) is 10.0 Å². The van der Waals surface area contributed by atoms with Crippen LogP contribution in [0.4, 0.5) is 28.4 Å². The molecule has 0 atom stereocenters. The minimum Gasteiger partial charge on any atom is -0.495 e. The van der Waals surface area contributed by atoms with Gasteiger partial charge >= 0.3 is 0 Å². The molecule has 6 aromatic rings. The Kier molecular flexibility index (Phi) is 14.1. The highest BCUT2D eigenvalue weighted by molar-refractivity contribution is 6.32. The van der Waals surface area contributed by atoms with Gasteiger partial charge in [0.25, 0.3) is 0 Å². The van der Waals surface area contributed by atoms with Gasteiger partial charge in [0.15, 0.2) is 11.4 Å². The molecular formula is C45H47Cl2N7O3. The van der Waals surface area contributed by atoms with E-state index in [-0.39, 0.29) is 14.0 Å². The zero-order valence-corrected chi connectivity index (χ0v) is 33.5. The van der Waals surface area contributed by atoms with Crippen molar-refractivity contribution >= 4 is 73.4 Å². The van der Waals surface area contributed by atoms with Crippen LogP contribution in [-0.2, 0) is 26.1 Å². The summed E-state index contributed by atoms with van der Waals surface area (Å²) in [5.74, 6) is 1.77. The molecule has 1 saturated carbocycles. The number of halogens is 2. The van der Waals surface area contributed by atoms with Crippen LogP contribution in [0.15, 0.2) is 73.1 Å². The van der Waals surface area contributed by atoms with Crippen LogP contribution in [0.3, 0.4) is 0 Å². The van der Waals surface area contributed by atoms with Crippen molar-refractivity contribution in [3.05, 3.63) is 134 Å². The summed E-state index contributed by atoms with van der Waals surface area (Å²) in [6.07, 6.45) is 6.74. The van der Waals surface area contributed by atoms with Gasteiger partial charge in [-0.3, -0.25) is 9.97 Å². The van der Waals surface area contributed by atoms with Crippen molar-refractivity contribution in [1.29, 1.82) is 0 Å². The summed E-state index contributed by atoms with van der Waals surface area (Å²) in [5.41, 5.74) is 10.7. The summed E-state index contributed by atoms with van der Waals surface area (Å²) in [5, 5.41) is 19.8. The Bertz CT molecular complexity index is 2330. The number of benzene rings is 4. The Morgan fingerprint density at radius 1 is 0.772 bits per heavy atom. The van der Waals surface area contributed by atoms with Crippen molar-refractivity contribution < 1.29 is 14.6 Å². The van der Waals surface area contributed by atoms with Gasteiger partial charge in [-0.05, 0) is 89.9 Å². The number of hydrogen-bond acceptors (Lipinski definition) is 8. The molecule has 1 aliphatic carbocycles. The third kappa shape index (κ3) is 9.44. The molecule has 2 heterocycles. The van der Waals surface area contributed by atoms with E-state index in [1.54, 1.807) is 20.4 Å². The molecule has 0 saturated heterocycles. The molecule has 2 aromatic heterocycles. The van der Waals surface area contributed by atoms with E-state index in [1.165, 1.54) is 0 Å². The summed E-state index contributed by atoms with van der Waals surface area (Å²) >= 11 is 12.5. The monoisotopic (exact) mass is 803 g/mol. The minimum absolute atomic E-state index is 0. The van der Waals surface area contributed by atoms with Crippen molar-refractivity contribution in [3.63, 3.8) is 0 Å². The lowest BCUT2D eigenvalue weighted by Crippen LogP contribution is -2.10. The van der Waals surface area contributed by atoms with Gasteiger partial charge in [0.1, 0.15) is 11.5 Å². The topological polar surface area (TPSA) is 100 Å². The van der Waals surface area contributed by atoms with Crippen LogP contribution < -0.4 is 25.0 Å². The fourth-order valence-electron chi connectivity index (χ4n) is 6.67. The summed E-state index contributed by atoms with van der Waals surface area (Å²) < 4.78 is 10.4. The Hall–Kier alpha value is -5.78. The van der Waals surface area contributed by atoms with Crippen molar-refractivity contribution in [2.24, 2.45) is 0 Å². The van der Waals surface area contributed by atoms with Crippen molar-refractivity contribution in [1.82, 2.24) is 9.97 Å². The number of aliphatic hydroxyl groups excluding tert-OH is 1. The third-order valence-corrected chi connectivity index (χ3v) is 10.3. The maximum absolute atomic E-state index is 9.83. The van der Waals surface area contributed by atoms with Crippen LogP contribution in [0.5, 0.6) is 11.5 Å². The zero-order chi connectivity index (χ0) is 39.9. The Labute approximate surface area is 345 Å². The number of aryl methyl sites for hydroxylation is 1. The molecule has 1 aliphatic rings. The Morgan fingerprint density at radius 2 is 1.28 bits per heavy atom. The molecule has 0 bridgehead atoms. The molecule has 7 rings (SSSR count). The molecule has 294 valence electrons. The van der Waals surface area contributed by atoms with Crippen molar-refractivity contribution in [3.8, 4) is 11.5 Å². The van der Waals surface area contributed by atoms with Gasteiger partial charge < -0.3 is 30.1 Å². The van der Waals surface area contributed by atoms with E-state index >= 15 is 0 Å². The lowest BCUT2D eigenvalue weighted by atomic mass is 10.0. The summed E-state index contributed by atoms with van der Waals surface area (Å²) in [6.45, 7) is 18.0. The second-order valence-electron chi connectivity index (χ2n) is 13.7. The average molecular weight is 805 g/mol. The molecule has 1 fully saturated rings. The number of pyridine rings is 2. The van der Waals surface area contributed by atoms with Gasteiger partial charge in [0.2, 0.25) is 0 Å². The molecule has 0 unspecified atom stereocenters.